The van der Waals surface area contributed by atoms with E-state index in [1.54, 1.807) is 26.0 Å². The van der Waals surface area contributed by atoms with Crippen molar-refractivity contribution in [2.24, 2.45) is 17.0 Å². The number of imide groups is 1. The lowest BCUT2D eigenvalue weighted by atomic mass is 9.97. The van der Waals surface area contributed by atoms with E-state index in [1.165, 1.54) is 39.7 Å². The van der Waals surface area contributed by atoms with E-state index in [0.717, 1.165) is 16.2 Å². The van der Waals surface area contributed by atoms with Crippen LogP contribution in [0.2, 0.25) is 0 Å². The van der Waals surface area contributed by atoms with E-state index in [2.05, 4.69) is 15.5 Å². The highest BCUT2D eigenvalue weighted by atomic mass is 32.2. The Balaban J connectivity index is 1.59. The summed E-state index contributed by atoms with van der Waals surface area (Å²) in [5.74, 6) is -1.53. The van der Waals surface area contributed by atoms with Gasteiger partial charge in [-0.3, -0.25) is 19.5 Å². The predicted octanol–water partition coefficient (Wildman–Crippen LogP) is 3.42. The molecule has 13 nitrogen and oxygen atoms in total. The standard InChI is InChI=1S/C36H46N6O7S/c1-24(2)20-40(50(48,49)30-16-14-28(15-17-30)19-37-47)22-32(43)31(18-27-11-7-6-8-12-27)39-35(45)34(25(3)4)42-23-33(44)41(36(42)46)21-29-13-9-10-26(5)38-29/h6-17,19,24-25,31-32,34,43,47H,18,20-23H2,1-5H3,(H,39,45)/b37-19+/t31-,32+,34-/m0/s1. The number of hydrogen-bond acceptors (Lipinski definition) is 9. The molecular weight excluding hydrogens is 660 g/mol. The molecule has 1 saturated heterocycles. The van der Waals surface area contributed by atoms with E-state index >= 15 is 0 Å². The first-order valence-corrected chi connectivity index (χ1v) is 18.0. The molecule has 3 atom stereocenters. The summed E-state index contributed by atoms with van der Waals surface area (Å²) >= 11 is 0. The number of pyridine rings is 1. The lowest BCUT2D eigenvalue weighted by molar-refractivity contribution is -0.129. The van der Waals surface area contributed by atoms with E-state index in [0.29, 0.717) is 11.3 Å². The molecule has 4 rings (SSSR count). The van der Waals surface area contributed by atoms with Crippen LogP contribution in [0.1, 0.15) is 50.2 Å². The average Bonchev–Trinajstić information content (AvgIpc) is 3.32. The number of nitrogens with one attached hydrogen (secondary N) is 1. The van der Waals surface area contributed by atoms with Crippen LogP contribution in [0.25, 0.3) is 0 Å². The number of carbonyl (C=O) groups excluding carboxylic acids is 3. The maximum Gasteiger partial charge on any atom is 0.328 e. The Morgan fingerprint density at radius 3 is 2.28 bits per heavy atom. The number of aryl methyl sites for hydroxylation is 1. The van der Waals surface area contributed by atoms with Crippen LogP contribution in [-0.4, -0.2) is 99.7 Å². The molecule has 0 saturated carbocycles. The molecule has 268 valence electrons. The molecule has 0 aliphatic carbocycles. The van der Waals surface area contributed by atoms with Crippen molar-refractivity contribution in [3.05, 3.63) is 95.3 Å². The Morgan fingerprint density at radius 2 is 1.68 bits per heavy atom. The van der Waals surface area contributed by atoms with Gasteiger partial charge in [-0.05, 0) is 60.6 Å². The number of carbonyl (C=O) groups is 3. The van der Waals surface area contributed by atoms with Gasteiger partial charge in [-0.1, -0.05) is 81.4 Å². The van der Waals surface area contributed by atoms with Gasteiger partial charge in [0, 0.05) is 18.8 Å². The second kappa shape index (κ2) is 16.8. The van der Waals surface area contributed by atoms with Gasteiger partial charge < -0.3 is 20.5 Å². The highest BCUT2D eigenvalue weighted by molar-refractivity contribution is 7.89. The molecule has 50 heavy (non-hydrogen) atoms. The summed E-state index contributed by atoms with van der Waals surface area (Å²) in [5, 5.41) is 26.4. The Bertz CT molecular complexity index is 1770. The maximum absolute atomic E-state index is 14.1. The molecule has 0 spiro atoms. The Hall–Kier alpha value is -4.66. The monoisotopic (exact) mass is 706 g/mol. The van der Waals surface area contributed by atoms with Crippen molar-refractivity contribution >= 4 is 34.1 Å². The highest BCUT2D eigenvalue weighted by Crippen LogP contribution is 2.23. The minimum Gasteiger partial charge on any atom is -0.411 e. The number of hydrogen-bond donors (Lipinski definition) is 3. The van der Waals surface area contributed by atoms with Crippen LogP contribution in [0.4, 0.5) is 4.79 Å². The minimum absolute atomic E-state index is 0.00779. The topological polar surface area (TPSA) is 173 Å². The van der Waals surface area contributed by atoms with Crippen LogP contribution in [0.5, 0.6) is 0 Å². The second-order valence-corrected chi connectivity index (χ2v) is 15.2. The van der Waals surface area contributed by atoms with Crippen molar-refractivity contribution in [1.29, 1.82) is 0 Å². The molecule has 0 radical (unpaired) electrons. The van der Waals surface area contributed by atoms with Crippen molar-refractivity contribution in [3.8, 4) is 0 Å². The molecular formula is C36H46N6O7S. The summed E-state index contributed by atoms with van der Waals surface area (Å²) in [6.45, 7) is 8.50. The number of rotatable bonds is 16. The van der Waals surface area contributed by atoms with Gasteiger partial charge in [0.25, 0.3) is 5.91 Å². The number of urea groups is 1. The van der Waals surface area contributed by atoms with E-state index in [4.69, 9.17) is 5.21 Å². The van der Waals surface area contributed by atoms with Gasteiger partial charge in [-0.15, -0.1) is 0 Å². The van der Waals surface area contributed by atoms with E-state index in [9.17, 15) is 27.9 Å². The van der Waals surface area contributed by atoms with Crippen molar-refractivity contribution in [1.82, 2.24) is 24.4 Å². The third kappa shape index (κ3) is 9.52. The Morgan fingerprint density at radius 1 is 1.00 bits per heavy atom. The van der Waals surface area contributed by atoms with Crippen LogP contribution < -0.4 is 5.32 Å². The van der Waals surface area contributed by atoms with Gasteiger partial charge in [0.15, 0.2) is 0 Å². The van der Waals surface area contributed by atoms with Crippen molar-refractivity contribution in [2.45, 2.75) is 70.7 Å². The number of aliphatic hydroxyl groups excluding tert-OH is 1. The number of amides is 4. The van der Waals surface area contributed by atoms with Gasteiger partial charge in [0.2, 0.25) is 15.9 Å². The van der Waals surface area contributed by atoms with Gasteiger partial charge in [-0.2, -0.15) is 4.31 Å². The molecule has 1 aromatic heterocycles. The molecule has 1 fully saturated rings. The largest absolute Gasteiger partial charge is 0.411 e. The first-order valence-electron chi connectivity index (χ1n) is 16.5. The van der Waals surface area contributed by atoms with Crippen LogP contribution in [-0.2, 0) is 32.6 Å². The van der Waals surface area contributed by atoms with Crippen molar-refractivity contribution < 1.29 is 33.1 Å². The van der Waals surface area contributed by atoms with E-state index in [1.807, 2.05) is 57.2 Å². The average molecular weight is 707 g/mol. The lowest BCUT2D eigenvalue weighted by Gasteiger charge is -2.34. The summed E-state index contributed by atoms with van der Waals surface area (Å²) in [7, 11) is -4.10. The number of aromatic nitrogens is 1. The molecule has 2 heterocycles. The third-order valence-electron chi connectivity index (χ3n) is 8.36. The van der Waals surface area contributed by atoms with Crippen LogP contribution in [0.15, 0.2) is 82.8 Å². The maximum atomic E-state index is 14.1. The summed E-state index contributed by atoms with van der Waals surface area (Å²) < 4.78 is 28.9. The summed E-state index contributed by atoms with van der Waals surface area (Å²) in [6.07, 6.45) is -0.0137. The van der Waals surface area contributed by atoms with Crippen LogP contribution in [0, 0.1) is 18.8 Å². The van der Waals surface area contributed by atoms with Crippen molar-refractivity contribution in [2.75, 3.05) is 19.6 Å². The third-order valence-corrected chi connectivity index (χ3v) is 10.2. The molecule has 0 unspecified atom stereocenters. The normalized spacial score (nSPS) is 15.8. The quantitative estimate of drug-likeness (QED) is 0.0880. The van der Waals surface area contributed by atoms with Crippen molar-refractivity contribution in [3.63, 3.8) is 0 Å². The number of aliphatic hydroxyl groups is 1. The molecule has 3 N–H and O–H groups in total. The molecule has 1 aliphatic rings. The summed E-state index contributed by atoms with van der Waals surface area (Å²) in [4.78, 5) is 47.5. The predicted molar refractivity (Wildman–Crippen MR) is 188 cm³/mol. The molecule has 14 heteroatoms. The van der Waals surface area contributed by atoms with E-state index < -0.39 is 52.0 Å². The number of nitrogens with zero attached hydrogens (tertiary/aromatic N) is 5. The van der Waals surface area contributed by atoms with Crippen LogP contribution >= 0.6 is 0 Å². The van der Waals surface area contributed by atoms with Gasteiger partial charge in [-0.25, -0.2) is 13.2 Å². The molecule has 1 aliphatic heterocycles. The number of sulfonamides is 1. The molecule has 0 bridgehead atoms. The molecule has 3 aromatic rings. The SMILES string of the molecule is Cc1cccc(CN2C(=O)CN([C@H](C(=O)N[C@@H](Cc3ccccc3)[C@H](O)CN(CC(C)C)S(=O)(=O)c3ccc(/C=N/O)cc3)C(C)C)C2=O)n1. The van der Waals surface area contributed by atoms with Crippen LogP contribution in [0.3, 0.4) is 0 Å². The van der Waals surface area contributed by atoms with Gasteiger partial charge in [0.1, 0.15) is 12.6 Å². The first kappa shape index (κ1) is 38.1. The highest BCUT2D eigenvalue weighted by Gasteiger charge is 2.44. The summed E-state index contributed by atoms with van der Waals surface area (Å²) in [5.41, 5.74) is 2.58. The number of benzene rings is 2. The zero-order valence-electron chi connectivity index (χ0n) is 29.0. The fraction of sp³-hybridized carbons (Fsp3) is 0.417. The second-order valence-electron chi connectivity index (χ2n) is 13.3. The molecule has 4 amide bonds. The summed E-state index contributed by atoms with van der Waals surface area (Å²) in [6, 6.07) is 17.7. The van der Waals surface area contributed by atoms with Gasteiger partial charge >= 0.3 is 6.03 Å². The number of oxime groups is 1. The Kier molecular flexibility index (Phi) is 12.8. The zero-order chi connectivity index (χ0) is 36.6. The fourth-order valence-electron chi connectivity index (χ4n) is 5.96. The Labute approximate surface area is 293 Å². The molecule has 2 aromatic carbocycles. The zero-order valence-corrected chi connectivity index (χ0v) is 29.8. The van der Waals surface area contributed by atoms with Gasteiger partial charge in [0.05, 0.1) is 35.5 Å². The fourth-order valence-corrected chi connectivity index (χ4v) is 7.58. The van der Waals surface area contributed by atoms with E-state index in [-0.39, 0.29) is 43.4 Å². The smallest absolute Gasteiger partial charge is 0.328 e. The minimum atomic E-state index is -4.10. The lowest BCUT2D eigenvalue weighted by Crippen LogP contribution is -2.57. The first-order chi connectivity index (χ1) is 23.7.